The maximum atomic E-state index is 12.8. The second-order valence-corrected chi connectivity index (χ2v) is 7.93. The third kappa shape index (κ3) is 3.05. The topological polar surface area (TPSA) is 59.1 Å². The quantitative estimate of drug-likeness (QED) is 0.762. The van der Waals surface area contributed by atoms with Crippen molar-refractivity contribution in [2.75, 3.05) is 33.4 Å². The molecule has 3 aliphatic heterocycles. The van der Waals surface area contributed by atoms with Gasteiger partial charge in [-0.05, 0) is 44.7 Å². The van der Waals surface area contributed by atoms with Crippen molar-refractivity contribution in [2.45, 2.75) is 50.3 Å². The molecule has 1 atom stereocenters. The lowest BCUT2D eigenvalue weighted by molar-refractivity contribution is -0.213. The van der Waals surface area contributed by atoms with Crippen LogP contribution in [-0.2, 0) is 14.3 Å². The van der Waals surface area contributed by atoms with Crippen molar-refractivity contribution in [2.24, 2.45) is 0 Å². The van der Waals surface area contributed by atoms with Gasteiger partial charge in [-0.15, -0.1) is 0 Å². The predicted molar refractivity (Wildman–Crippen MR) is 101 cm³/mol. The van der Waals surface area contributed by atoms with E-state index in [1.807, 2.05) is 36.1 Å². The van der Waals surface area contributed by atoms with E-state index in [0.717, 1.165) is 36.8 Å². The molecule has 2 amide bonds. The fourth-order valence-corrected chi connectivity index (χ4v) is 5.02. The second kappa shape index (κ2) is 7.24. The lowest BCUT2D eigenvalue weighted by atomic mass is 9.72. The largest absolute Gasteiger partial charge is 0.381 e. The van der Waals surface area contributed by atoms with Crippen molar-refractivity contribution in [1.82, 2.24) is 9.80 Å². The average Bonchev–Trinajstić information content (AvgIpc) is 2.69. The highest BCUT2D eigenvalue weighted by Crippen LogP contribution is 2.45. The molecule has 1 spiro atoms. The molecule has 6 nitrogen and oxygen atoms in total. The number of nitrogens with zero attached hydrogens (tertiary/aromatic N) is 2. The number of benzene rings is 1. The highest BCUT2D eigenvalue weighted by atomic mass is 16.5. The van der Waals surface area contributed by atoms with Gasteiger partial charge in [0.15, 0.2) is 6.10 Å². The van der Waals surface area contributed by atoms with E-state index in [4.69, 9.17) is 9.47 Å². The molecule has 146 valence electrons. The van der Waals surface area contributed by atoms with Crippen LogP contribution in [0.4, 0.5) is 0 Å². The van der Waals surface area contributed by atoms with Gasteiger partial charge in [0, 0.05) is 45.0 Å². The highest BCUT2D eigenvalue weighted by molar-refractivity contribution is 5.94. The van der Waals surface area contributed by atoms with Crippen LogP contribution in [0, 0.1) is 6.92 Å². The Morgan fingerprint density at radius 1 is 1.22 bits per heavy atom. The molecule has 0 aliphatic carbocycles. The summed E-state index contributed by atoms with van der Waals surface area (Å²) in [5.41, 5.74) is 1.63. The minimum atomic E-state index is -0.339. The molecule has 6 heteroatoms. The molecule has 0 N–H and O–H groups in total. The van der Waals surface area contributed by atoms with Crippen molar-refractivity contribution in [3.63, 3.8) is 0 Å². The van der Waals surface area contributed by atoms with Crippen LogP contribution in [0.15, 0.2) is 24.3 Å². The number of likely N-dealkylation sites (tertiary alicyclic amines) is 2. The Labute approximate surface area is 160 Å². The van der Waals surface area contributed by atoms with Gasteiger partial charge < -0.3 is 19.3 Å². The number of carbonyl (C=O) groups is 2. The summed E-state index contributed by atoms with van der Waals surface area (Å²) >= 11 is 0. The first-order chi connectivity index (χ1) is 13.1. The van der Waals surface area contributed by atoms with Crippen molar-refractivity contribution < 1.29 is 19.1 Å². The van der Waals surface area contributed by atoms with Crippen LogP contribution in [0.1, 0.15) is 41.6 Å². The Hall–Kier alpha value is -1.92. The minimum Gasteiger partial charge on any atom is -0.381 e. The van der Waals surface area contributed by atoms with Crippen molar-refractivity contribution in [3.05, 3.63) is 35.4 Å². The monoisotopic (exact) mass is 372 g/mol. The first-order valence-electron chi connectivity index (χ1n) is 9.86. The Bertz CT molecular complexity index is 721. The SMILES string of the molecule is COC1C(=O)N(C2CCN(C(=O)c3cccc(C)c3)CC2)C12CCOCC2. The van der Waals surface area contributed by atoms with Crippen molar-refractivity contribution >= 4 is 11.8 Å². The first kappa shape index (κ1) is 18.4. The number of aryl methyl sites for hydroxylation is 1. The standard InChI is InChI=1S/C21H28N2O4/c1-15-4-3-5-16(14-15)19(24)22-10-6-17(7-11-22)23-20(25)18(26-2)21(23)8-12-27-13-9-21/h3-5,14,17-18H,6-13H2,1-2H3. The normalized spacial score (nSPS) is 25.6. The number of amides is 2. The van der Waals surface area contributed by atoms with E-state index in [9.17, 15) is 9.59 Å². The molecule has 1 aromatic rings. The number of hydrogen-bond acceptors (Lipinski definition) is 4. The second-order valence-electron chi connectivity index (χ2n) is 7.93. The maximum Gasteiger partial charge on any atom is 0.254 e. The zero-order valence-electron chi connectivity index (χ0n) is 16.1. The molecule has 27 heavy (non-hydrogen) atoms. The van der Waals surface area contributed by atoms with E-state index in [0.29, 0.717) is 26.3 Å². The van der Waals surface area contributed by atoms with E-state index in [1.54, 1.807) is 7.11 Å². The number of piperidine rings is 1. The molecule has 0 saturated carbocycles. The van der Waals surface area contributed by atoms with Gasteiger partial charge in [0.2, 0.25) is 0 Å². The van der Waals surface area contributed by atoms with Crippen LogP contribution >= 0.6 is 0 Å². The summed E-state index contributed by atoms with van der Waals surface area (Å²) in [6, 6.07) is 7.92. The van der Waals surface area contributed by atoms with Gasteiger partial charge in [-0.25, -0.2) is 0 Å². The van der Waals surface area contributed by atoms with Gasteiger partial charge >= 0.3 is 0 Å². The van der Waals surface area contributed by atoms with Crippen molar-refractivity contribution in [1.29, 1.82) is 0 Å². The molecule has 0 aromatic heterocycles. The van der Waals surface area contributed by atoms with Crippen LogP contribution in [0.5, 0.6) is 0 Å². The molecule has 3 aliphatic rings. The predicted octanol–water partition coefficient (Wildman–Crippen LogP) is 2.01. The zero-order chi connectivity index (χ0) is 19.0. The van der Waals surface area contributed by atoms with Gasteiger partial charge in [-0.1, -0.05) is 17.7 Å². The number of hydrogen-bond donors (Lipinski definition) is 0. The van der Waals surface area contributed by atoms with Gasteiger partial charge in [0.1, 0.15) is 0 Å². The molecule has 0 bridgehead atoms. The van der Waals surface area contributed by atoms with Gasteiger partial charge in [0.05, 0.1) is 5.54 Å². The molecule has 1 aromatic carbocycles. The van der Waals surface area contributed by atoms with E-state index < -0.39 is 0 Å². The molecular formula is C21H28N2O4. The summed E-state index contributed by atoms with van der Waals surface area (Å²) in [6.07, 6.45) is 2.97. The maximum absolute atomic E-state index is 12.8. The summed E-state index contributed by atoms with van der Waals surface area (Å²) < 4.78 is 11.1. The number of carbonyl (C=O) groups excluding carboxylic acids is 2. The van der Waals surface area contributed by atoms with Gasteiger partial charge in [-0.2, -0.15) is 0 Å². The third-order valence-electron chi connectivity index (χ3n) is 6.41. The number of methoxy groups -OCH3 is 1. The molecule has 3 fully saturated rings. The smallest absolute Gasteiger partial charge is 0.254 e. The average molecular weight is 372 g/mol. The number of β-lactam (4-membered cyclic amide) rings is 1. The number of ether oxygens (including phenoxy) is 2. The van der Waals surface area contributed by atoms with E-state index >= 15 is 0 Å². The molecule has 3 heterocycles. The van der Waals surface area contributed by atoms with Gasteiger partial charge in [0.25, 0.3) is 11.8 Å². The Kier molecular flexibility index (Phi) is 4.95. The summed E-state index contributed by atoms with van der Waals surface area (Å²) in [4.78, 5) is 29.5. The van der Waals surface area contributed by atoms with Crippen LogP contribution < -0.4 is 0 Å². The third-order valence-corrected chi connectivity index (χ3v) is 6.41. The van der Waals surface area contributed by atoms with Crippen LogP contribution in [0.3, 0.4) is 0 Å². The molecule has 1 unspecified atom stereocenters. The molecule has 4 rings (SSSR count). The summed E-state index contributed by atoms with van der Waals surface area (Å²) in [6.45, 7) is 4.72. The summed E-state index contributed by atoms with van der Waals surface area (Å²) in [5, 5.41) is 0. The molecule has 3 saturated heterocycles. The fraction of sp³-hybridized carbons (Fsp3) is 0.619. The van der Waals surface area contributed by atoms with Crippen LogP contribution in [0.2, 0.25) is 0 Å². The molecular weight excluding hydrogens is 344 g/mol. The number of rotatable bonds is 3. The summed E-state index contributed by atoms with van der Waals surface area (Å²) in [5.74, 6) is 0.186. The minimum absolute atomic E-state index is 0.0858. The van der Waals surface area contributed by atoms with Crippen LogP contribution in [-0.4, -0.2) is 72.7 Å². The van der Waals surface area contributed by atoms with Gasteiger partial charge in [-0.3, -0.25) is 9.59 Å². The van der Waals surface area contributed by atoms with Crippen LogP contribution in [0.25, 0.3) is 0 Å². The van der Waals surface area contributed by atoms with E-state index in [1.165, 1.54) is 0 Å². The van der Waals surface area contributed by atoms with E-state index in [2.05, 4.69) is 4.90 Å². The summed E-state index contributed by atoms with van der Waals surface area (Å²) in [7, 11) is 1.63. The van der Waals surface area contributed by atoms with Crippen molar-refractivity contribution in [3.8, 4) is 0 Å². The lowest BCUT2D eigenvalue weighted by Gasteiger charge is -2.61. The fourth-order valence-electron chi connectivity index (χ4n) is 5.02. The first-order valence-corrected chi connectivity index (χ1v) is 9.86. The highest BCUT2D eigenvalue weighted by Gasteiger charge is 2.62. The Morgan fingerprint density at radius 2 is 1.93 bits per heavy atom. The lowest BCUT2D eigenvalue weighted by Crippen LogP contribution is -2.79. The Balaban J connectivity index is 1.43. The Morgan fingerprint density at radius 3 is 2.56 bits per heavy atom. The van der Waals surface area contributed by atoms with E-state index in [-0.39, 0.29) is 29.5 Å². The zero-order valence-corrected chi connectivity index (χ0v) is 16.1. The molecule has 0 radical (unpaired) electrons.